The summed E-state index contributed by atoms with van der Waals surface area (Å²) in [5.41, 5.74) is 4.72. The van der Waals surface area contributed by atoms with Crippen molar-refractivity contribution in [2.24, 2.45) is 16.6 Å². The molecule has 7 rings (SSSR count). The van der Waals surface area contributed by atoms with Gasteiger partial charge in [-0.2, -0.15) is 0 Å². The van der Waals surface area contributed by atoms with E-state index in [4.69, 9.17) is 38.4 Å². The number of hydrogen-bond acceptors (Lipinski definition) is 15. The van der Waals surface area contributed by atoms with E-state index in [-0.39, 0.29) is 91.2 Å². The van der Waals surface area contributed by atoms with Crippen LogP contribution >= 0.6 is 23.2 Å². The van der Waals surface area contributed by atoms with Crippen molar-refractivity contribution in [3.63, 3.8) is 0 Å². The number of nitrogens with one attached hydrogen (secondary N) is 5. The maximum atomic E-state index is 13.6. The lowest BCUT2D eigenvalue weighted by Gasteiger charge is -2.23. The summed E-state index contributed by atoms with van der Waals surface area (Å²) in [7, 11) is 0. The number of aromatic nitrogens is 3. The van der Waals surface area contributed by atoms with Gasteiger partial charge >= 0.3 is 11.9 Å². The number of anilines is 2. The molecule has 2 fully saturated rings. The van der Waals surface area contributed by atoms with Crippen LogP contribution in [-0.2, 0) is 49.5 Å². The molecule has 5 atom stereocenters. The first kappa shape index (κ1) is 60.8. The topological polar surface area (TPSA) is 324 Å². The zero-order valence-corrected chi connectivity index (χ0v) is 45.4. The second kappa shape index (κ2) is 30.1. The highest BCUT2D eigenvalue weighted by Crippen LogP contribution is 2.23. The molecule has 23 nitrogen and oxygen atoms in total. The zero-order valence-electron chi connectivity index (χ0n) is 43.9. The monoisotopic (exact) mass is 1140 g/mol. The number of carbonyl (C=O) groups is 8. The van der Waals surface area contributed by atoms with Crippen molar-refractivity contribution in [3.05, 3.63) is 146 Å². The summed E-state index contributed by atoms with van der Waals surface area (Å²) < 4.78 is 17.5. The predicted octanol–water partition coefficient (Wildman–Crippen LogP) is 4.76. The van der Waals surface area contributed by atoms with Gasteiger partial charge in [0.25, 0.3) is 22.9 Å². The van der Waals surface area contributed by atoms with Crippen LogP contribution in [0.2, 0.25) is 5.22 Å². The van der Waals surface area contributed by atoms with Crippen molar-refractivity contribution in [2.45, 2.75) is 108 Å². The summed E-state index contributed by atoms with van der Waals surface area (Å²) in [6.45, 7) is 4.31. The Morgan fingerprint density at radius 2 is 1.44 bits per heavy atom. The molecule has 0 radical (unpaired) electrons. The van der Waals surface area contributed by atoms with Crippen molar-refractivity contribution >= 4 is 87.7 Å². The summed E-state index contributed by atoms with van der Waals surface area (Å²) in [5, 5.41) is 17.3. The number of carbonyl (C=O) groups excluding carboxylic acids is 8. The van der Waals surface area contributed by atoms with Crippen LogP contribution in [0.15, 0.2) is 128 Å². The summed E-state index contributed by atoms with van der Waals surface area (Å²) in [4.78, 5) is 131. The maximum absolute atomic E-state index is 13.6. The lowest BCUT2D eigenvalue weighted by molar-refractivity contribution is -0.142. The number of pyridine rings is 2. The van der Waals surface area contributed by atoms with Crippen molar-refractivity contribution in [2.75, 3.05) is 30.3 Å². The van der Waals surface area contributed by atoms with E-state index < -0.39 is 76.8 Å². The quantitative estimate of drug-likeness (QED) is 0.0407. The van der Waals surface area contributed by atoms with E-state index in [1.54, 1.807) is 13.8 Å². The van der Waals surface area contributed by atoms with Crippen molar-refractivity contribution in [1.82, 2.24) is 30.2 Å². The van der Waals surface area contributed by atoms with Gasteiger partial charge in [0.1, 0.15) is 35.3 Å². The Balaban J connectivity index is 0.000000258. The van der Waals surface area contributed by atoms with Crippen molar-refractivity contribution < 1.29 is 52.4 Å². The molecule has 80 heavy (non-hydrogen) atoms. The van der Waals surface area contributed by atoms with Crippen molar-refractivity contribution in [3.8, 4) is 0 Å². The minimum Gasteiger partial charge on any atom is -0.463 e. The Morgan fingerprint density at radius 3 is 2.02 bits per heavy atom. The molecular weight excluding hydrogens is 1080 g/mol. The molecule has 0 unspecified atom stereocenters. The second-order valence-corrected chi connectivity index (χ2v) is 19.5. The van der Waals surface area contributed by atoms with Gasteiger partial charge in [0, 0.05) is 73.0 Å². The molecule has 0 bridgehead atoms. The first-order chi connectivity index (χ1) is 38.4. The molecule has 1 aromatic carbocycles. The number of halogens is 2. The Hall–Kier alpha value is -8.44. The van der Waals surface area contributed by atoms with Gasteiger partial charge in [-0.25, -0.2) is 9.59 Å². The number of esters is 2. The first-order valence-corrected chi connectivity index (χ1v) is 26.7. The molecule has 5 heterocycles. The Kier molecular flexibility index (Phi) is 22.8. The molecule has 1 saturated heterocycles. The molecule has 2 aliphatic heterocycles. The zero-order chi connectivity index (χ0) is 57.7. The Labute approximate surface area is 469 Å². The lowest BCUT2D eigenvalue weighted by atomic mass is 9.97. The molecule has 1 aliphatic carbocycles. The average Bonchev–Trinajstić information content (AvgIpc) is 4.29. The lowest BCUT2D eigenvalue weighted by Crippen LogP contribution is -2.43. The standard InChI is InChI=1S/C28H30ClN5O6.C27H32ClN5O7/c1-2-40-25(36)13-11-20(10-12-24(30)35)32-27(38)23(15-18-7-4-3-5-8-18)34-14-6-9-21(28(34)39)33-26(37)22-16-19(29)17-31-22;1-2-21(33-13-5-8-19(27(33)38)31-25(36)20-15-22(28)40-32-20)26(37)30-17(14-16-11-12-29-24(16)35)9-10-23(34)39-18-6-3-4-7-18/h3-9,11,13-14,16,20,23H,2,10,12,15,17H2,1H3,(H2,30,35)(H,32,38)(H,33,37);5,8-10,13,15-18,21H,2-4,6-7,11-12,14H2,1H3,(H,29,35)(H,30,37)(H,31,36)/b13-11+;10-9+/t20-,23-;16-,17+,21+/m00/s1. The molecule has 6 amide bonds. The minimum absolute atomic E-state index is 0.0503. The molecule has 3 aliphatic rings. The van der Waals surface area contributed by atoms with Gasteiger partial charge in [-0.3, -0.25) is 43.3 Å². The highest BCUT2D eigenvalue weighted by Gasteiger charge is 2.31. The van der Waals surface area contributed by atoms with Crippen molar-refractivity contribution in [1.29, 1.82) is 0 Å². The van der Waals surface area contributed by atoms with Crippen LogP contribution in [0.4, 0.5) is 11.4 Å². The normalized spacial score (nSPS) is 16.5. The number of nitrogens with zero attached hydrogens (tertiary/aromatic N) is 4. The number of primary amides is 1. The number of benzene rings is 1. The molecule has 7 N–H and O–H groups in total. The molecule has 3 aromatic heterocycles. The van der Waals surface area contributed by atoms with Gasteiger partial charge in [0.05, 0.1) is 13.2 Å². The SMILES string of the molecule is CCOC(=O)/C=C/[C@H](CCC(N)=O)NC(=O)[C@H](Cc1ccccc1)n1cccc(NC(=O)C2=NCC(Cl)=C2)c1=O.CC[C@H](C(=O)N[C@H](/C=C/C(=O)OC1CCCC1)C[C@@H]1CCNC1=O)n1cccc(NC(=O)c2cc(Cl)on2)c1=O. The van der Waals surface area contributed by atoms with Crippen LogP contribution in [0, 0.1) is 5.92 Å². The van der Waals surface area contributed by atoms with E-state index in [1.807, 2.05) is 30.3 Å². The molecule has 424 valence electrons. The van der Waals surface area contributed by atoms with Crippen LogP contribution < -0.4 is 43.4 Å². The van der Waals surface area contributed by atoms with Gasteiger partial charge in [0.15, 0.2) is 5.69 Å². The van der Waals surface area contributed by atoms with E-state index in [2.05, 4.69) is 41.3 Å². The fourth-order valence-electron chi connectivity index (χ4n) is 8.86. The smallest absolute Gasteiger partial charge is 0.330 e. The number of nitrogens with two attached hydrogens (primary N) is 1. The summed E-state index contributed by atoms with van der Waals surface area (Å²) in [6, 6.07) is 12.8. The van der Waals surface area contributed by atoms with Gasteiger partial charge in [0.2, 0.25) is 28.8 Å². The molecule has 0 spiro atoms. The fraction of sp³-hybridized carbons (Fsp3) is 0.382. The summed E-state index contributed by atoms with van der Waals surface area (Å²) in [6.07, 6.45) is 14.7. The van der Waals surface area contributed by atoms with E-state index in [0.29, 0.717) is 18.0 Å². The van der Waals surface area contributed by atoms with E-state index >= 15 is 0 Å². The maximum Gasteiger partial charge on any atom is 0.330 e. The van der Waals surface area contributed by atoms with Gasteiger partial charge in [-0.1, -0.05) is 66.2 Å². The highest BCUT2D eigenvalue weighted by atomic mass is 35.5. The number of amides is 6. The first-order valence-electron chi connectivity index (χ1n) is 25.9. The number of rotatable bonds is 24. The van der Waals surface area contributed by atoms with E-state index in [0.717, 1.165) is 37.3 Å². The number of ether oxygens (including phenoxy) is 2. The molecule has 1 saturated carbocycles. The largest absolute Gasteiger partial charge is 0.463 e. The molecule has 25 heteroatoms. The fourth-order valence-corrected chi connectivity index (χ4v) is 9.16. The third-order valence-electron chi connectivity index (χ3n) is 12.9. The van der Waals surface area contributed by atoms with Gasteiger partial charge in [-0.15, -0.1) is 0 Å². The predicted molar refractivity (Wildman–Crippen MR) is 296 cm³/mol. The van der Waals surface area contributed by atoms with Crippen LogP contribution in [-0.4, -0.2) is 105 Å². The van der Waals surface area contributed by atoms with Gasteiger partial charge < -0.3 is 55.4 Å². The third kappa shape index (κ3) is 18.1. The van der Waals surface area contributed by atoms with Crippen LogP contribution in [0.3, 0.4) is 0 Å². The molecular formula is C55H62Cl2N10O13. The van der Waals surface area contributed by atoms with Crippen LogP contribution in [0.1, 0.15) is 99.8 Å². The average molecular weight is 1140 g/mol. The van der Waals surface area contributed by atoms with Crippen LogP contribution in [0.25, 0.3) is 0 Å². The third-order valence-corrected chi connectivity index (χ3v) is 13.3. The number of aliphatic imine (C=N–C) groups is 1. The van der Waals surface area contributed by atoms with E-state index in [9.17, 15) is 47.9 Å². The van der Waals surface area contributed by atoms with Gasteiger partial charge in [-0.05, 0) is 106 Å². The summed E-state index contributed by atoms with van der Waals surface area (Å²) in [5.74, 6) is -4.45. The summed E-state index contributed by atoms with van der Waals surface area (Å²) >= 11 is 11.6. The highest BCUT2D eigenvalue weighted by molar-refractivity contribution is 6.50. The molecule has 4 aromatic rings. The Morgan fingerprint density at radius 1 is 0.812 bits per heavy atom. The van der Waals surface area contributed by atoms with E-state index in [1.165, 1.54) is 76.2 Å². The Bertz CT molecular complexity index is 3140. The minimum atomic E-state index is -1.04. The second-order valence-electron chi connectivity index (χ2n) is 18.7. The number of hydrogen-bond donors (Lipinski definition) is 6. The van der Waals surface area contributed by atoms with Crippen LogP contribution in [0.5, 0.6) is 0 Å².